The van der Waals surface area contributed by atoms with Gasteiger partial charge in [-0.3, -0.25) is 4.79 Å². The van der Waals surface area contributed by atoms with Gasteiger partial charge in [0.25, 0.3) is 0 Å². The summed E-state index contributed by atoms with van der Waals surface area (Å²) in [6.07, 6.45) is 0. The van der Waals surface area contributed by atoms with Crippen molar-refractivity contribution in [2.75, 3.05) is 7.11 Å². The SMILES string of the molecule is COC(=O)c1cc(C(C)=O)ccc1F. The number of esters is 1. The summed E-state index contributed by atoms with van der Waals surface area (Å²) < 4.78 is 17.4. The van der Waals surface area contributed by atoms with E-state index >= 15 is 0 Å². The van der Waals surface area contributed by atoms with Crippen molar-refractivity contribution in [3.05, 3.63) is 35.1 Å². The van der Waals surface area contributed by atoms with Crippen LogP contribution in [0.1, 0.15) is 27.6 Å². The number of methoxy groups -OCH3 is 1. The highest BCUT2D eigenvalue weighted by molar-refractivity contribution is 5.97. The number of benzene rings is 1. The molecular weight excluding hydrogens is 187 g/mol. The van der Waals surface area contributed by atoms with Gasteiger partial charge < -0.3 is 4.74 Å². The second-order valence-electron chi connectivity index (χ2n) is 2.74. The van der Waals surface area contributed by atoms with Gasteiger partial charge in [-0.15, -0.1) is 0 Å². The van der Waals surface area contributed by atoms with Crippen molar-refractivity contribution in [3.8, 4) is 0 Å². The van der Waals surface area contributed by atoms with E-state index in [9.17, 15) is 14.0 Å². The Morgan fingerprint density at radius 2 is 2.00 bits per heavy atom. The molecule has 0 saturated heterocycles. The first-order chi connectivity index (χ1) is 6.56. The molecule has 74 valence electrons. The summed E-state index contributed by atoms with van der Waals surface area (Å²) in [5.41, 5.74) is 0.0620. The van der Waals surface area contributed by atoms with Crippen molar-refractivity contribution >= 4 is 11.8 Å². The first-order valence-corrected chi connectivity index (χ1v) is 3.95. The maximum absolute atomic E-state index is 13.1. The van der Waals surface area contributed by atoms with Gasteiger partial charge in [-0.25, -0.2) is 9.18 Å². The highest BCUT2D eigenvalue weighted by Gasteiger charge is 2.13. The normalized spacial score (nSPS) is 9.64. The molecule has 1 aromatic carbocycles. The maximum atomic E-state index is 13.1. The average Bonchev–Trinajstić information content (AvgIpc) is 2.17. The fourth-order valence-electron chi connectivity index (χ4n) is 1.01. The number of carbonyl (C=O) groups excluding carboxylic acids is 2. The average molecular weight is 196 g/mol. The fourth-order valence-corrected chi connectivity index (χ4v) is 1.01. The van der Waals surface area contributed by atoms with Crippen molar-refractivity contribution < 1.29 is 18.7 Å². The number of ketones is 1. The van der Waals surface area contributed by atoms with Gasteiger partial charge in [-0.2, -0.15) is 0 Å². The Morgan fingerprint density at radius 3 is 2.50 bits per heavy atom. The van der Waals surface area contributed by atoms with Crippen LogP contribution in [0.25, 0.3) is 0 Å². The summed E-state index contributed by atoms with van der Waals surface area (Å²) in [4.78, 5) is 22.0. The Balaban J connectivity index is 3.21. The van der Waals surface area contributed by atoms with Gasteiger partial charge in [0.05, 0.1) is 12.7 Å². The zero-order valence-electron chi connectivity index (χ0n) is 7.83. The molecule has 0 amide bonds. The Kier molecular flexibility index (Phi) is 2.96. The summed E-state index contributed by atoms with van der Waals surface area (Å²) >= 11 is 0. The molecular formula is C10H9FO3. The highest BCUT2D eigenvalue weighted by atomic mass is 19.1. The van der Waals surface area contributed by atoms with Crippen LogP contribution in [0.4, 0.5) is 4.39 Å². The Hall–Kier alpha value is -1.71. The summed E-state index contributed by atoms with van der Waals surface area (Å²) in [5, 5.41) is 0. The lowest BCUT2D eigenvalue weighted by Crippen LogP contribution is -2.06. The number of hydrogen-bond acceptors (Lipinski definition) is 3. The van der Waals surface area contributed by atoms with Gasteiger partial charge >= 0.3 is 5.97 Å². The summed E-state index contributed by atoms with van der Waals surface area (Å²) in [7, 11) is 1.15. The lowest BCUT2D eigenvalue weighted by atomic mass is 10.1. The van der Waals surface area contributed by atoms with Gasteiger partial charge in [0.1, 0.15) is 5.82 Å². The van der Waals surface area contributed by atoms with E-state index in [0.29, 0.717) is 0 Å². The minimum Gasteiger partial charge on any atom is -0.465 e. The highest BCUT2D eigenvalue weighted by Crippen LogP contribution is 2.12. The van der Waals surface area contributed by atoms with E-state index in [-0.39, 0.29) is 16.9 Å². The molecule has 14 heavy (non-hydrogen) atoms. The van der Waals surface area contributed by atoms with E-state index in [4.69, 9.17) is 0 Å². The van der Waals surface area contributed by atoms with E-state index in [1.807, 2.05) is 0 Å². The van der Waals surface area contributed by atoms with E-state index in [0.717, 1.165) is 13.2 Å². The van der Waals surface area contributed by atoms with Gasteiger partial charge in [-0.05, 0) is 25.1 Å². The largest absolute Gasteiger partial charge is 0.465 e. The minimum atomic E-state index is -0.786. The molecule has 0 saturated carbocycles. The molecule has 3 nitrogen and oxygen atoms in total. The molecule has 0 aliphatic heterocycles. The van der Waals surface area contributed by atoms with Gasteiger partial charge in [-0.1, -0.05) is 0 Å². The van der Waals surface area contributed by atoms with Crippen LogP contribution in [-0.2, 0) is 4.74 Å². The predicted octanol–water partition coefficient (Wildman–Crippen LogP) is 1.81. The molecule has 1 rings (SSSR count). The van der Waals surface area contributed by atoms with Crippen LogP contribution >= 0.6 is 0 Å². The molecule has 4 heteroatoms. The first kappa shape index (κ1) is 10.4. The fraction of sp³-hybridized carbons (Fsp3) is 0.200. The van der Waals surface area contributed by atoms with Gasteiger partial charge in [0, 0.05) is 5.56 Å². The summed E-state index contributed by atoms with van der Waals surface area (Å²) in [6.45, 7) is 1.34. The number of rotatable bonds is 2. The monoisotopic (exact) mass is 196 g/mol. The van der Waals surface area contributed by atoms with Crippen molar-refractivity contribution in [1.29, 1.82) is 0 Å². The lowest BCUT2D eigenvalue weighted by molar-refractivity contribution is 0.0595. The molecule has 0 aromatic heterocycles. The van der Waals surface area contributed by atoms with E-state index in [2.05, 4.69) is 4.74 Å². The van der Waals surface area contributed by atoms with E-state index in [1.54, 1.807) is 0 Å². The molecule has 0 fully saturated rings. The smallest absolute Gasteiger partial charge is 0.340 e. The van der Waals surface area contributed by atoms with Crippen LogP contribution in [0.2, 0.25) is 0 Å². The zero-order chi connectivity index (χ0) is 10.7. The number of ether oxygens (including phenoxy) is 1. The van der Waals surface area contributed by atoms with Gasteiger partial charge in [0.15, 0.2) is 5.78 Å². The number of halogens is 1. The molecule has 0 heterocycles. The van der Waals surface area contributed by atoms with Crippen molar-refractivity contribution in [1.82, 2.24) is 0 Å². The van der Waals surface area contributed by atoms with Crippen LogP contribution in [0.3, 0.4) is 0 Å². The third kappa shape index (κ3) is 1.96. The second-order valence-corrected chi connectivity index (χ2v) is 2.74. The van der Waals surface area contributed by atoms with Crippen LogP contribution in [0, 0.1) is 5.82 Å². The molecule has 0 N–H and O–H groups in total. The molecule has 0 spiro atoms. The lowest BCUT2D eigenvalue weighted by Gasteiger charge is -2.02. The van der Waals surface area contributed by atoms with Crippen LogP contribution < -0.4 is 0 Å². The quantitative estimate of drug-likeness (QED) is 0.535. The molecule has 0 aliphatic carbocycles. The van der Waals surface area contributed by atoms with Crippen molar-refractivity contribution in [3.63, 3.8) is 0 Å². The van der Waals surface area contributed by atoms with Crippen LogP contribution in [0.5, 0.6) is 0 Å². The molecule has 0 atom stereocenters. The number of Topliss-reactive ketones (excluding diaryl/α,β-unsaturated/α-hetero) is 1. The molecule has 0 unspecified atom stereocenters. The van der Waals surface area contributed by atoms with E-state index < -0.39 is 11.8 Å². The molecule has 0 bridgehead atoms. The first-order valence-electron chi connectivity index (χ1n) is 3.95. The molecule has 0 aliphatic rings. The third-order valence-electron chi connectivity index (χ3n) is 1.78. The zero-order valence-corrected chi connectivity index (χ0v) is 7.83. The second kappa shape index (κ2) is 4.00. The minimum absolute atomic E-state index is 0.222. The Labute approximate surface area is 80.5 Å². The van der Waals surface area contributed by atoms with Gasteiger partial charge in [0.2, 0.25) is 0 Å². The standard InChI is InChI=1S/C10H9FO3/c1-6(12)7-3-4-9(11)8(5-7)10(13)14-2/h3-5H,1-2H3. The number of hydrogen-bond donors (Lipinski definition) is 0. The van der Waals surface area contributed by atoms with Crippen molar-refractivity contribution in [2.45, 2.75) is 6.92 Å². The Bertz CT molecular complexity index is 385. The number of carbonyl (C=O) groups is 2. The summed E-state index contributed by atoms with van der Waals surface area (Å²) in [5.74, 6) is -1.71. The van der Waals surface area contributed by atoms with E-state index in [1.165, 1.54) is 19.1 Å². The Morgan fingerprint density at radius 1 is 1.36 bits per heavy atom. The predicted molar refractivity (Wildman–Crippen MR) is 47.7 cm³/mol. The van der Waals surface area contributed by atoms with Crippen LogP contribution in [0.15, 0.2) is 18.2 Å². The van der Waals surface area contributed by atoms with Crippen molar-refractivity contribution in [2.24, 2.45) is 0 Å². The molecule has 1 aromatic rings. The summed E-state index contributed by atoms with van der Waals surface area (Å²) in [6, 6.07) is 3.58. The topological polar surface area (TPSA) is 43.4 Å². The molecule has 0 radical (unpaired) electrons. The maximum Gasteiger partial charge on any atom is 0.340 e. The van der Waals surface area contributed by atoms with Crippen LogP contribution in [-0.4, -0.2) is 18.9 Å². The third-order valence-corrected chi connectivity index (χ3v) is 1.78.